The van der Waals surface area contributed by atoms with Gasteiger partial charge in [-0.25, -0.2) is 4.98 Å². The number of amides is 1. The van der Waals surface area contributed by atoms with Crippen LogP contribution in [0.1, 0.15) is 5.56 Å². The smallest absolute Gasteiger partial charge is 0.243 e. The molecule has 0 saturated carbocycles. The molecule has 2 aromatic rings. The van der Waals surface area contributed by atoms with Gasteiger partial charge in [0.15, 0.2) is 5.13 Å². The van der Waals surface area contributed by atoms with E-state index in [0.717, 1.165) is 16.4 Å². The first kappa shape index (κ1) is 12.9. The van der Waals surface area contributed by atoms with Crippen LogP contribution in [-0.2, 0) is 4.79 Å². The third kappa shape index (κ3) is 3.45. The second-order valence-corrected chi connectivity index (χ2v) is 5.03. The van der Waals surface area contributed by atoms with Gasteiger partial charge in [-0.05, 0) is 30.7 Å². The fraction of sp³-hybridized carbons (Fsp3) is 0.167. The van der Waals surface area contributed by atoms with Gasteiger partial charge in [-0.1, -0.05) is 11.6 Å². The molecule has 94 valence electrons. The van der Waals surface area contributed by atoms with E-state index >= 15 is 0 Å². The van der Waals surface area contributed by atoms with Crippen molar-refractivity contribution in [2.24, 2.45) is 0 Å². The van der Waals surface area contributed by atoms with E-state index in [-0.39, 0.29) is 12.5 Å². The zero-order chi connectivity index (χ0) is 13.0. The van der Waals surface area contributed by atoms with Crippen molar-refractivity contribution in [1.82, 2.24) is 4.98 Å². The molecule has 0 unspecified atom stereocenters. The van der Waals surface area contributed by atoms with Crippen LogP contribution in [0.25, 0.3) is 0 Å². The van der Waals surface area contributed by atoms with Crippen LogP contribution in [0, 0.1) is 6.92 Å². The molecule has 4 nitrogen and oxygen atoms in total. The summed E-state index contributed by atoms with van der Waals surface area (Å²) >= 11 is 7.31. The highest BCUT2D eigenvalue weighted by Crippen LogP contribution is 2.19. The molecular weight excluding hydrogens is 270 g/mol. The van der Waals surface area contributed by atoms with Gasteiger partial charge in [0, 0.05) is 22.3 Å². The van der Waals surface area contributed by atoms with Gasteiger partial charge >= 0.3 is 0 Å². The highest BCUT2D eigenvalue weighted by molar-refractivity contribution is 7.13. The first-order valence-electron chi connectivity index (χ1n) is 5.34. The molecule has 0 spiro atoms. The Hall–Kier alpha value is -1.59. The molecule has 2 N–H and O–H groups in total. The Bertz CT molecular complexity index is 542. The van der Waals surface area contributed by atoms with E-state index in [1.165, 1.54) is 11.3 Å². The highest BCUT2D eigenvalue weighted by atomic mass is 35.5. The van der Waals surface area contributed by atoms with Gasteiger partial charge in [0.1, 0.15) is 0 Å². The minimum atomic E-state index is -0.115. The van der Waals surface area contributed by atoms with Crippen molar-refractivity contribution in [1.29, 1.82) is 0 Å². The minimum absolute atomic E-state index is 0.115. The molecule has 0 atom stereocenters. The molecular formula is C12H12ClN3OS. The normalized spacial score (nSPS) is 10.1. The average Bonchev–Trinajstić information content (AvgIpc) is 2.83. The fourth-order valence-electron chi connectivity index (χ4n) is 1.43. The number of nitrogens with zero attached hydrogens (tertiary/aromatic N) is 1. The summed E-state index contributed by atoms with van der Waals surface area (Å²) in [5.41, 5.74) is 1.70. The van der Waals surface area contributed by atoms with E-state index < -0.39 is 0 Å². The second-order valence-electron chi connectivity index (χ2n) is 3.70. The topological polar surface area (TPSA) is 54.0 Å². The predicted octanol–water partition coefficient (Wildman–Crippen LogP) is 3.16. The molecule has 18 heavy (non-hydrogen) atoms. The Labute approximate surface area is 114 Å². The monoisotopic (exact) mass is 281 g/mol. The van der Waals surface area contributed by atoms with Crippen LogP contribution in [0.4, 0.5) is 10.8 Å². The number of hydrogen-bond acceptors (Lipinski definition) is 4. The van der Waals surface area contributed by atoms with Crippen molar-refractivity contribution in [2.75, 3.05) is 17.2 Å². The number of carbonyl (C=O) groups is 1. The lowest BCUT2D eigenvalue weighted by Crippen LogP contribution is -2.22. The maximum absolute atomic E-state index is 11.7. The van der Waals surface area contributed by atoms with E-state index in [4.69, 9.17) is 11.6 Å². The lowest BCUT2D eigenvalue weighted by Gasteiger charge is -2.08. The van der Waals surface area contributed by atoms with Crippen LogP contribution in [0.5, 0.6) is 0 Å². The number of rotatable bonds is 4. The van der Waals surface area contributed by atoms with Gasteiger partial charge in [0.2, 0.25) is 5.91 Å². The molecule has 1 heterocycles. The fourth-order valence-corrected chi connectivity index (χ4v) is 2.18. The number of halogens is 1. The first-order chi connectivity index (χ1) is 8.65. The third-order valence-corrected chi connectivity index (χ3v) is 3.26. The summed E-state index contributed by atoms with van der Waals surface area (Å²) in [6.07, 6.45) is 1.69. The molecule has 2 rings (SSSR count). The summed E-state index contributed by atoms with van der Waals surface area (Å²) in [7, 11) is 0. The van der Waals surface area contributed by atoms with Crippen molar-refractivity contribution in [3.05, 3.63) is 40.4 Å². The molecule has 1 aromatic carbocycles. The standard InChI is InChI=1S/C12H12ClN3OS/c1-8-6-9(13)2-3-10(8)16-11(17)7-15-12-14-4-5-18-12/h2-6H,7H2,1H3,(H,14,15)(H,16,17). The molecule has 0 aliphatic carbocycles. The van der Waals surface area contributed by atoms with E-state index in [9.17, 15) is 4.79 Å². The largest absolute Gasteiger partial charge is 0.352 e. The van der Waals surface area contributed by atoms with Crippen LogP contribution in [0.15, 0.2) is 29.8 Å². The number of nitrogens with one attached hydrogen (secondary N) is 2. The van der Waals surface area contributed by atoms with Crippen molar-refractivity contribution in [2.45, 2.75) is 6.92 Å². The lowest BCUT2D eigenvalue weighted by molar-refractivity contribution is -0.114. The summed E-state index contributed by atoms with van der Waals surface area (Å²) in [4.78, 5) is 15.7. The second kappa shape index (κ2) is 5.84. The van der Waals surface area contributed by atoms with Crippen LogP contribution in [-0.4, -0.2) is 17.4 Å². The summed E-state index contributed by atoms with van der Waals surface area (Å²) in [6, 6.07) is 5.35. The summed E-state index contributed by atoms with van der Waals surface area (Å²) in [5, 5.41) is 9.01. The molecule has 0 aliphatic rings. The number of aromatic nitrogens is 1. The first-order valence-corrected chi connectivity index (χ1v) is 6.60. The molecule has 1 amide bonds. The van der Waals surface area contributed by atoms with E-state index in [1.54, 1.807) is 18.3 Å². The number of anilines is 2. The number of thiazole rings is 1. The molecule has 0 bridgehead atoms. The Morgan fingerprint density at radius 3 is 3.00 bits per heavy atom. The Kier molecular flexibility index (Phi) is 4.17. The highest BCUT2D eigenvalue weighted by Gasteiger charge is 2.05. The maximum atomic E-state index is 11.7. The van der Waals surface area contributed by atoms with Crippen molar-refractivity contribution < 1.29 is 4.79 Å². The zero-order valence-electron chi connectivity index (χ0n) is 9.74. The van der Waals surface area contributed by atoms with Crippen LogP contribution in [0.3, 0.4) is 0 Å². The quantitative estimate of drug-likeness (QED) is 0.905. The maximum Gasteiger partial charge on any atom is 0.243 e. The zero-order valence-corrected chi connectivity index (χ0v) is 11.3. The molecule has 6 heteroatoms. The van der Waals surface area contributed by atoms with Gasteiger partial charge in [0.05, 0.1) is 6.54 Å². The molecule has 0 radical (unpaired) electrons. The summed E-state index contributed by atoms with van der Waals surface area (Å²) in [5.74, 6) is -0.115. The number of carbonyl (C=O) groups excluding carboxylic acids is 1. The summed E-state index contributed by atoms with van der Waals surface area (Å²) < 4.78 is 0. The van der Waals surface area contributed by atoms with E-state index in [1.807, 2.05) is 18.4 Å². The molecule has 0 saturated heterocycles. The van der Waals surface area contributed by atoms with Crippen molar-refractivity contribution >= 4 is 39.7 Å². The van der Waals surface area contributed by atoms with Crippen LogP contribution in [0.2, 0.25) is 5.02 Å². The van der Waals surface area contributed by atoms with E-state index in [2.05, 4.69) is 15.6 Å². The third-order valence-electron chi connectivity index (χ3n) is 2.30. The predicted molar refractivity (Wildman–Crippen MR) is 75.4 cm³/mol. The Morgan fingerprint density at radius 2 is 2.33 bits per heavy atom. The van der Waals surface area contributed by atoms with Gasteiger partial charge in [-0.2, -0.15) is 0 Å². The average molecular weight is 282 g/mol. The van der Waals surface area contributed by atoms with Crippen molar-refractivity contribution in [3.8, 4) is 0 Å². The van der Waals surface area contributed by atoms with Crippen molar-refractivity contribution in [3.63, 3.8) is 0 Å². The Morgan fingerprint density at radius 1 is 1.50 bits per heavy atom. The number of aryl methyl sites for hydroxylation is 1. The van der Waals surface area contributed by atoms with Crippen LogP contribution < -0.4 is 10.6 Å². The Balaban J connectivity index is 1.91. The SMILES string of the molecule is Cc1cc(Cl)ccc1NC(=O)CNc1nccs1. The number of benzene rings is 1. The lowest BCUT2D eigenvalue weighted by atomic mass is 10.2. The number of hydrogen-bond donors (Lipinski definition) is 2. The molecule has 0 fully saturated rings. The van der Waals surface area contributed by atoms with Crippen LogP contribution >= 0.6 is 22.9 Å². The van der Waals surface area contributed by atoms with Gasteiger partial charge < -0.3 is 10.6 Å². The van der Waals surface area contributed by atoms with Gasteiger partial charge in [-0.15, -0.1) is 11.3 Å². The molecule has 1 aromatic heterocycles. The van der Waals surface area contributed by atoms with Gasteiger partial charge in [-0.3, -0.25) is 4.79 Å². The summed E-state index contributed by atoms with van der Waals surface area (Å²) in [6.45, 7) is 2.09. The van der Waals surface area contributed by atoms with Gasteiger partial charge in [0.25, 0.3) is 0 Å². The van der Waals surface area contributed by atoms with E-state index in [0.29, 0.717) is 5.02 Å². The minimum Gasteiger partial charge on any atom is -0.352 e. The molecule has 0 aliphatic heterocycles.